The van der Waals surface area contributed by atoms with Crippen LogP contribution in [-0.2, 0) is 0 Å². The average molecular weight is 205 g/mol. The molecule has 1 aromatic heterocycles. The summed E-state index contributed by atoms with van der Waals surface area (Å²) in [5, 5.41) is 3.78. The Kier molecular flexibility index (Phi) is 2.00. The highest BCUT2D eigenvalue weighted by molar-refractivity contribution is 9.09. The van der Waals surface area contributed by atoms with Crippen molar-refractivity contribution in [3.05, 3.63) is 6.33 Å². The number of carbonyl (C=O) groups excluding carboxylic acids is 1. The number of alkyl halides is 1. The van der Waals surface area contributed by atoms with E-state index in [1.54, 1.807) is 0 Å². The van der Waals surface area contributed by atoms with E-state index in [2.05, 4.69) is 26.0 Å². The molecule has 0 radical (unpaired) electrons. The lowest BCUT2D eigenvalue weighted by atomic mass is 10.7. The van der Waals surface area contributed by atoms with E-state index in [1.165, 1.54) is 6.33 Å². The van der Waals surface area contributed by atoms with Crippen molar-refractivity contribution >= 4 is 27.8 Å². The van der Waals surface area contributed by atoms with Crippen LogP contribution < -0.4 is 5.73 Å². The van der Waals surface area contributed by atoms with E-state index in [9.17, 15) is 4.79 Å². The predicted octanol–water partition coefficient (Wildman–Crippen LogP) is -0.105. The van der Waals surface area contributed by atoms with E-state index in [1.807, 2.05) is 0 Å². The maximum absolute atomic E-state index is 10.8. The van der Waals surface area contributed by atoms with Gasteiger partial charge in [0.1, 0.15) is 6.33 Å². The molecule has 0 fully saturated rings. The van der Waals surface area contributed by atoms with Crippen molar-refractivity contribution in [2.75, 3.05) is 11.1 Å². The summed E-state index contributed by atoms with van der Waals surface area (Å²) in [5.41, 5.74) is 5.26. The summed E-state index contributed by atoms with van der Waals surface area (Å²) >= 11 is 2.98. The number of nitrogen functional groups attached to an aromatic ring is 1. The van der Waals surface area contributed by atoms with Crippen LogP contribution in [0.4, 0.5) is 5.95 Å². The fourth-order valence-electron chi connectivity index (χ4n) is 0.499. The molecule has 0 aliphatic carbocycles. The minimum absolute atomic E-state index is 0.115. The minimum Gasteiger partial charge on any atom is -0.368 e. The van der Waals surface area contributed by atoms with Gasteiger partial charge in [0, 0.05) is 0 Å². The monoisotopic (exact) mass is 204 g/mol. The molecule has 0 bridgehead atoms. The highest BCUT2D eigenvalue weighted by Crippen LogP contribution is 1.95. The van der Waals surface area contributed by atoms with Crippen molar-refractivity contribution in [3.63, 3.8) is 0 Å². The van der Waals surface area contributed by atoms with E-state index in [-0.39, 0.29) is 17.2 Å². The highest BCUT2D eigenvalue weighted by atomic mass is 79.9. The van der Waals surface area contributed by atoms with Crippen LogP contribution in [0.1, 0.15) is 4.79 Å². The number of aromatic nitrogens is 3. The van der Waals surface area contributed by atoms with Crippen LogP contribution in [0.5, 0.6) is 0 Å². The van der Waals surface area contributed by atoms with Crippen LogP contribution in [0, 0.1) is 0 Å². The van der Waals surface area contributed by atoms with E-state index in [0.29, 0.717) is 0 Å². The number of rotatable bonds is 1. The Labute approximate surface area is 65.4 Å². The third-order valence-corrected chi connectivity index (χ3v) is 1.40. The average Bonchev–Trinajstić information content (AvgIpc) is 2.34. The molecular formula is C4H5BrN4O. The van der Waals surface area contributed by atoms with Crippen molar-refractivity contribution in [2.45, 2.75) is 0 Å². The Morgan fingerprint density at radius 3 is 3.00 bits per heavy atom. The normalized spacial score (nSPS) is 9.70. The maximum Gasteiger partial charge on any atom is 0.260 e. The van der Waals surface area contributed by atoms with Gasteiger partial charge < -0.3 is 5.73 Å². The van der Waals surface area contributed by atoms with Crippen molar-refractivity contribution in [2.24, 2.45) is 0 Å². The van der Waals surface area contributed by atoms with Gasteiger partial charge in [-0.2, -0.15) is 14.8 Å². The summed E-state index contributed by atoms with van der Waals surface area (Å²) in [4.78, 5) is 14.4. The molecule has 0 unspecified atom stereocenters. The van der Waals surface area contributed by atoms with Gasteiger partial charge in [-0.15, -0.1) is 0 Å². The molecule has 0 aliphatic rings. The van der Waals surface area contributed by atoms with Crippen LogP contribution in [0.3, 0.4) is 0 Å². The summed E-state index contributed by atoms with van der Waals surface area (Å²) in [6.45, 7) is 0. The molecule has 1 rings (SSSR count). The second-order valence-electron chi connectivity index (χ2n) is 1.56. The molecule has 1 heterocycles. The van der Waals surface area contributed by atoms with Gasteiger partial charge in [-0.05, 0) is 0 Å². The molecule has 6 heteroatoms. The number of anilines is 1. The van der Waals surface area contributed by atoms with Crippen LogP contribution in [-0.4, -0.2) is 26.0 Å². The molecular weight excluding hydrogens is 200 g/mol. The summed E-state index contributed by atoms with van der Waals surface area (Å²) in [5.74, 6) is -0.112. The number of carbonyl (C=O) groups is 1. The van der Waals surface area contributed by atoms with Crippen LogP contribution in [0.15, 0.2) is 6.33 Å². The smallest absolute Gasteiger partial charge is 0.260 e. The molecule has 0 aliphatic heterocycles. The lowest BCUT2D eigenvalue weighted by Gasteiger charge is -1.94. The van der Waals surface area contributed by atoms with Gasteiger partial charge in [-0.3, -0.25) is 4.79 Å². The van der Waals surface area contributed by atoms with Gasteiger partial charge in [0.15, 0.2) is 0 Å². The first-order chi connectivity index (χ1) is 4.75. The van der Waals surface area contributed by atoms with Crippen molar-refractivity contribution < 1.29 is 4.79 Å². The quantitative estimate of drug-likeness (QED) is 0.649. The summed E-state index contributed by atoms with van der Waals surface area (Å²) in [6.07, 6.45) is 1.23. The molecule has 10 heavy (non-hydrogen) atoms. The van der Waals surface area contributed by atoms with Crippen molar-refractivity contribution in [1.29, 1.82) is 0 Å². The van der Waals surface area contributed by atoms with Gasteiger partial charge >= 0.3 is 0 Å². The summed E-state index contributed by atoms with van der Waals surface area (Å²) in [6, 6.07) is 0. The minimum atomic E-state index is -0.227. The van der Waals surface area contributed by atoms with Gasteiger partial charge in [0.25, 0.3) is 5.91 Å². The Morgan fingerprint density at radius 2 is 2.60 bits per heavy atom. The highest BCUT2D eigenvalue weighted by Gasteiger charge is 2.06. The zero-order chi connectivity index (χ0) is 7.56. The Balaban J connectivity index is 2.93. The van der Waals surface area contributed by atoms with E-state index >= 15 is 0 Å². The van der Waals surface area contributed by atoms with Crippen LogP contribution in [0.2, 0.25) is 0 Å². The zero-order valence-electron chi connectivity index (χ0n) is 4.99. The Hall–Kier alpha value is -0.910. The second-order valence-corrected chi connectivity index (χ2v) is 2.12. The summed E-state index contributed by atoms with van der Waals surface area (Å²) in [7, 11) is 0. The fraction of sp³-hybridized carbons (Fsp3) is 0.250. The van der Waals surface area contributed by atoms with Crippen LogP contribution in [0.25, 0.3) is 0 Å². The van der Waals surface area contributed by atoms with E-state index in [0.717, 1.165) is 4.68 Å². The first-order valence-corrected chi connectivity index (χ1v) is 3.62. The van der Waals surface area contributed by atoms with Gasteiger partial charge in [-0.25, -0.2) is 0 Å². The molecule has 0 aromatic carbocycles. The molecule has 54 valence electrons. The third kappa shape index (κ3) is 1.15. The first kappa shape index (κ1) is 7.20. The van der Waals surface area contributed by atoms with Gasteiger partial charge in [0.05, 0.1) is 5.33 Å². The molecule has 0 amide bonds. The largest absolute Gasteiger partial charge is 0.368 e. The topological polar surface area (TPSA) is 73.8 Å². The maximum atomic E-state index is 10.8. The third-order valence-electron chi connectivity index (χ3n) is 0.925. The molecule has 0 saturated heterocycles. The molecule has 1 aromatic rings. The number of nitrogens with zero attached hydrogens (tertiary/aromatic N) is 3. The van der Waals surface area contributed by atoms with E-state index < -0.39 is 0 Å². The number of halogens is 1. The fourth-order valence-corrected chi connectivity index (χ4v) is 0.737. The lowest BCUT2D eigenvalue weighted by Crippen LogP contribution is -2.15. The second kappa shape index (κ2) is 2.78. The molecule has 0 saturated carbocycles. The molecule has 0 atom stereocenters. The molecule has 5 nitrogen and oxygen atoms in total. The Bertz CT molecular complexity index is 245. The van der Waals surface area contributed by atoms with Gasteiger partial charge in [-0.1, -0.05) is 15.9 Å². The van der Waals surface area contributed by atoms with E-state index in [4.69, 9.17) is 5.73 Å². The number of hydrogen-bond acceptors (Lipinski definition) is 4. The van der Waals surface area contributed by atoms with Gasteiger partial charge in [0.2, 0.25) is 5.95 Å². The lowest BCUT2D eigenvalue weighted by molar-refractivity contribution is 0.0931. The van der Waals surface area contributed by atoms with Crippen LogP contribution >= 0.6 is 15.9 Å². The summed E-state index contributed by atoms with van der Waals surface area (Å²) < 4.78 is 1.04. The number of hydrogen-bond donors (Lipinski definition) is 1. The van der Waals surface area contributed by atoms with Crippen molar-refractivity contribution in [3.8, 4) is 0 Å². The predicted molar refractivity (Wildman–Crippen MR) is 38.9 cm³/mol. The first-order valence-electron chi connectivity index (χ1n) is 2.50. The Morgan fingerprint density at radius 1 is 1.90 bits per heavy atom. The molecule has 0 spiro atoms. The zero-order valence-corrected chi connectivity index (χ0v) is 6.58. The van der Waals surface area contributed by atoms with Crippen molar-refractivity contribution in [1.82, 2.24) is 14.8 Å². The number of nitrogens with two attached hydrogens (primary N) is 1. The molecule has 2 N–H and O–H groups in total. The standard InChI is InChI=1S/C4H5BrN4O/c5-1-3(10)9-4(6)7-2-8-9/h2H,1H2,(H2,6,7,8). The SMILES string of the molecule is Nc1ncnn1C(=O)CBr.